The minimum atomic E-state index is -2.08. The van der Waals surface area contributed by atoms with Crippen LogP contribution in [0, 0.1) is 11.6 Å². The quantitative estimate of drug-likeness (QED) is 0.239. The summed E-state index contributed by atoms with van der Waals surface area (Å²) in [5, 5.41) is -0.0413. The molecule has 40 heavy (non-hydrogen) atoms. The Bertz CT molecular complexity index is 1500. The third-order valence-electron chi connectivity index (χ3n) is 8.50. The fraction of sp³-hybridized carbons (Fsp3) is 0.414. The topological polar surface area (TPSA) is 97.1 Å². The third kappa shape index (κ3) is 5.08. The van der Waals surface area contributed by atoms with Crippen LogP contribution in [0.2, 0.25) is 23.2 Å². The van der Waals surface area contributed by atoms with Crippen molar-refractivity contribution >= 4 is 37.1 Å². The molecule has 5 rings (SSSR count). The number of nitrogens with one attached hydrogen (secondary N) is 1. The van der Waals surface area contributed by atoms with Gasteiger partial charge in [-0.15, -0.1) is 0 Å². The molecule has 4 heterocycles. The molecule has 3 aromatic rings. The summed E-state index contributed by atoms with van der Waals surface area (Å²) in [6, 6.07) is 4.11. The molecule has 1 saturated heterocycles. The van der Waals surface area contributed by atoms with E-state index < -0.39 is 20.0 Å². The number of hydrogen-bond acceptors (Lipinski definition) is 5. The molecule has 7 nitrogen and oxygen atoms in total. The number of nitrogens with zero attached hydrogens (tertiary/aromatic N) is 3. The number of anilines is 1. The molecule has 2 atom stereocenters. The van der Waals surface area contributed by atoms with E-state index >= 15 is 4.39 Å². The standard InChI is InChI=1S/C29H34ClF2N5O2Si/c1-29(2,3)40(4,5)39-15-22-26(31)18(10-11-34-22)21-14-35-28(36-21)23-9-6-17-12-16(13-24(38)37(17)23)25-20(33)8-7-19(30)27(25)32/h7-8,10-11,13-14,17,23H,6,9,12,15,33H2,1-5H3,(H,35,36)/t17?,23-/m0/s1. The maximum Gasteiger partial charge on any atom is 0.247 e. The van der Waals surface area contributed by atoms with Crippen molar-refractivity contribution in [3.8, 4) is 11.3 Å². The van der Waals surface area contributed by atoms with Crippen LogP contribution in [0.25, 0.3) is 16.8 Å². The lowest BCUT2D eigenvalue weighted by molar-refractivity contribution is -0.129. The molecular formula is C29H34ClF2N5O2Si. The van der Waals surface area contributed by atoms with Gasteiger partial charge in [0, 0.05) is 35.1 Å². The first-order valence-electron chi connectivity index (χ1n) is 13.4. The highest BCUT2D eigenvalue weighted by molar-refractivity contribution is 6.74. The van der Waals surface area contributed by atoms with Crippen LogP contribution in [-0.4, -0.2) is 40.1 Å². The highest BCUT2D eigenvalue weighted by Gasteiger charge is 2.42. The van der Waals surface area contributed by atoms with E-state index in [9.17, 15) is 9.18 Å². The summed E-state index contributed by atoms with van der Waals surface area (Å²) in [5.41, 5.74) is 8.10. The number of aromatic amines is 1. The predicted octanol–water partition coefficient (Wildman–Crippen LogP) is 7.03. The average molecular weight is 586 g/mol. The van der Waals surface area contributed by atoms with E-state index in [0.717, 1.165) is 0 Å². The SMILES string of the molecule is CC(C)(C)[Si](C)(C)OCc1nccc(-c2cnc([C@@H]3CCC4CC(c5c(N)ccc(Cl)c5F)=CC(=O)N43)[nH]2)c1F. The largest absolute Gasteiger partial charge is 0.411 e. The van der Waals surface area contributed by atoms with Crippen LogP contribution in [0.15, 0.2) is 36.7 Å². The van der Waals surface area contributed by atoms with Crippen molar-refractivity contribution in [2.75, 3.05) is 5.73 Å². The van der Waals surface area contributed by atoms with Gasteiger partial charge < -0.3 is 20.0 Å². The van der Waals surface area contributed by atoms with E-state index in [2.05, 4.69) is 48.8 Å². The summed E-state index contributed by atoms with van der Waals surface area (Å²) in [6.45, 7) is 10.7. The molecule has 0 radical (unpaired) electrons. The first-order chi connectivity index (χ1) is 18.8. The maximum absolute atomic E-state index is 15.5. The molecule has 2 aliphatic rings. The van der Waals surface area contributed by atoms with Gasteiger partial charge in [-0.1, -0.05) is 32.4 Å². The van der Waals surface area contributed by atoms with Gasteiger partial charge >= 0.3 is 0 Å². The summed E-state index contributed by atoms with van der Waals surface area (Å²) >= 11 is 5.98. The van der Waals surface area contributed by atoms with E-state index in [1.807, 2.05) is 0 Å². The van der Waals surface area contributed by atoms with Crippen LogP contribution in [-0.2, 0) is 15.8 Å². The number of carbonyl (C=O) groups excluding carboxylic acids is 1. The summed E-state index contributed by atoms with van der Waals surface area (Å²) in [7, 11) is -2.08. The van der Waals surface area contributed by atoms with E-state index in [1.165, 1.54) is 12.1 Å². The van der Waals surface area contributed by atoms with E-state index in [1.54, 1.807) is 29.4 Å². The van der Waals surface area contributed by atoms with Gasteiger partial charge in [0.15, 0.2) is 20.0 Å². The second-order valence-electron chi connectivity index (χ2n) is 12.0. The molecule has 11 heteroatoms. The number of pyridine rings is 1. The number of benzene rings is 1. The molecule has 1 unspecified atom stereocenters. The van der Waals surface area contributed by atoms with Gasteiger partial charge in [0.2, 0.25) is 5.91 Å². The van der Waals surface area contributed by atoms with Crippen molar-refractivity contribution in [1.29, 1.82) is 0 Å². The molecule has 0 spiro atoms. The Balaban J connectivity index is 1.37. The Hall–Kier alpha value is -3.08. The molecule has 0 saturated carbocycles. The van der Waals surface area contributed by atoms with Gasteiger partial charge in [-0.2, -0.15) is 0 Å². The average Bonchev–Trinajstić information content (AvgIpc) is 3.53. The van der Waals surface area contributed by atoms with E-state index in [-0.39, 0.29) is 51.6 Å². The zero-order valence-electron chi connectivity index (χ0n) is 23.3. The molecule has 0 bridgehead atoms. The zero-order chi connectivity index (χ0) is 29.0. The van der Waals surface area contributed by atoms with Crippen molar-refractivity contribution in [2.45, 2.75) is 76.9 Å². The van der Waals surface area contributed by atoms with Crippen LogP contribution < -0.4 is 5.73 Å². The molecule has 1 amide bonds. The van der Waals surface area contributed by atoms with Gasteiger partial charge in [0.05, 0.1) is 29.6 Å². The lowest BCUT2D eigenvalue weighted by Gasteiger charge is -2.36. The number of amides is 1. The maximum atomic E-state index is 15.5. The number of imidazole rings is 1. The predicted molar refractivity (Wildman–Crippen MR) is 155 cm³/mol. The van der Waals surface area contributed by atoms with Crippen LogP contribution in [0.3, 0.4) is 0 Å². The van der Waals surface area contributed by atoms with Gasteiger partial charge in [0.1, 0.15) is 11.5 Å². The van der Waals surface area contributed by atoms with Gasteiger partial charge in [-0.05, 0) is 61.2 Å². The molecule has 0 aliphatic carbocycles. The minimum absolute atomic E-state index is 0.00470. The van der Waals surface area contributed by atoms with Crippen molar-refractivity contribution in [2.24, 2.45) is 0 Å². The number of halogens is 3. The number of H-pyrrole nitrogens is 1. The summed E-state index contributed by atoms with van der Waals surface area (Å²) in [5.74, 6) is -0.742. The number of carbonyl (C=O) groups is 1. The first kappa shape index (κ1) is 28.4. The Labute approximate surface area is 238 Å². The Morgan fingerprint density at radius 3 is 2.65 bits per heavy atom. The van der Waals surface area contributed by atoms with Gasteiger partial charge in [0.25, 0.3) is 0 Å². The zero-order valence-corrected chi connectivity index (χ0v) is 25.1. The van der Waals surface area contributed by atoms with Crippen LogP contribution in [0.1, 0.15) is 63.2 Å². The number of hydrogen-bond donors (Lipinski definition) is 2. The minimum Gasteiger partial charge on any atom is -0.411 e. The molecular weight excluding hydrogens is 552 g/mol. The fourth-order valence-corrected chi connectivity index (χ4v) is 6.28. The third-order valence-corrected chi connectivity index (χ3v) is 13.3. The van der Waals surface area contributed by atoms with Crippen LogP contribution >= 0.6 is 11.6 Å². The Morgan fingerprint density at radius 1 is 1.18 bits per heavy atom. The Kier molecular flexibility index (Phi) is 7.39. The number of rotatable bonds is 6. The summed E-state index contributed by atoms with van der Waals surface area (Å²) < 4.78 is 36.6. The van der Waals surface area contributed by atoms with E-state index in [0.29, 0.717) is 41.9 Å². The normalized spacial score (nSPS) is 19.6. The van der Waals surface area contributed by atoms with Crippen molar-refractivity contribution in [1.82, 2.24) is 19.9 Å². The number of aromatic nitrogens is 3. The van der Waals surface area contributed by atoms with Crippen LogP contribution in [0.5, 0.6) is 0 Å². The highest BCUT2D eigenvalue weighted by Crippen LogP contribution is 2.44. The Morgan fingerprint density at radius 2 is 1.93 bits per heavy atom. The van der Waals surface area contributed by atoms with Crippen molar-refractivity contribution < 1.29 is 18.0 Å². The van der Waals surface area contributed by atoms with Crippen molar-refractivity contribution in [3.63, 3.8) is 0 Å². The first-order valence-corrected chi connectivity index (χ1v) is 16.7. The van der Waals surface area contributed by atoms with Gasteiger partial charge in [-0.3, -0.25) is 9.78 Å². The van der Waals surface area contributed by atoms with Gasteiger partial charge in [-0.25, -0.2) is 13.8 Å². The summed E-state index contributed by atoms with van der Waals surface area (Å²) in [6.07, 6.45) is 6.41. The lowest BCUT2D eigenvalue weighted by Crippen LogP contribution is -2.40. The molecule has 212 valence electrons. The molecule has 1 fully saturated rings. The fourth-order valence-electron chi connectivity index (χ4n) is 5.19. The monoisotopic (exact) mass is 585 g/mol. The molecule has 2 aliphatic heterocycles. The lowest BCUT2D eigenvalue weighted by atomic mass is 9.92. The number of nitrogens with two attached hydrogens (primary N) is 1. The second-order valence-corrected chi connectivity index (χ2v) is 17.3. The van der Waals surface area contributed by atoms with E-state index in [4.69, 9.17) is 21.8 Å². The molecule has 2 aromatic heterocycles. The smallest absolute Gasteiger partial charge is 0.247 e. The molecule has 3 N–H and O–H groups in total. The second kappa shape index (κ2) is 10.4. The van der Waals surface area contributed by atoms with Crippen LogP contribution in [0.4, 0.5) is 14.5 Å². The van der Waals surface area contributed by atoms with Crippen molar-refractivity contribution in [3.05, 3.63) is 70.4 Å². The number of nitrogen functional groups attached to an aromatic ring is 1. The highest BCUT2D eigenvalue weighted by atomic mass is 35.5. The molecule has 1 aromatic carbocycles. The summed E-state index contributed by atoms with van der Waals surface area (Å²) in [4.78, 5) is 27.0. The number of fused-ring (bicyclic) bond motifs is 1.